The van der Waals surface area contributed by atoms with Crippen LogP contribution in [0.3, 0.4) is 0 Å². The summed E-state index contributed by atoms with van der Waals surface area (Å²) in [5.74, 6) is -0.261. The molecule has 2 aromatic heterocycles. The summed E-state index contributed by atoms with van der Waals surface area (Å²) >= 11 is 0. The fourth-order valence-corrected chi connectivity index (χ4v) is 2.52. The summed E-state index contributed by atoms with van der Waals surface area (Å²) in [6.45, 7) is 3.14. The van der Waals surface area contributed by atoms with E-state index in [1.165, 1.54) is 0 Å². The van der Waals surface area contributed by atoms with E-state index < -0.39 is 0 Å². The molecule has 1 aliphatic heterocycles. The number of hydrogen-bond acceptors (Lipinski definition) is 4. The number of H-pyrrole nitrogens is 1. The Morgan fingerprint density at radius 3 is 2.82 bits per heavy atom. The number of aromatic nitrogens is 2. The van der Waals surface area contributed by atoms with E-state index in [1.807, 2.05) is 12.1 Å². The topological polar surface area (TPSA) is 75.3 Å². The monoisotopic (exact) mass is 299 g/mol. The minimum atomic E-state index is -0.350. The maximum atomic E-state index is 12.5. The molecule has 0 spiro atoms. The zero-order valence-electron chi connectivity index (χ0n) is 12.3. The predicted octanol–water partition coefficient (Wildman–Crippen LogP) is 1.29. The molecule has 0 aromatic carbocycles. The zero-order valence-corrected chi connectivity index (χ0v) is 12.3. The zero-order chi connectivity index (χ0) is 15.5. The van der Waals surface area contributed by atoms with Gasteiger partial charge in [0.1, 0.15) is 11.7 Å². The van der Waals surface area contributed by atoms with Gasteiger partial charge in [0, 0.05) is 24.6 Å². The van der Waals surface area contributed by atoms with Gasteiger partial charge in [-0.15, -0.1) is 0 Å². The van der Waals surface area contributed by atoms with Crippen molar-refractivity contribution >= 4 is 5.91 Å². The number of aromatic amines is 1. The maximum Gasteiger partial charge on any atom is 0.260 e. The normalized spacial score (nSPS) is 18.2. The van der Waals surface area contributed by atoms with Gasteiger partial charge >= 0.3 is 0 Å². The molecule has 3 heterocycles. The lowest BCUT2D eigenvalue weighted by Gasteiger charge is -2.33. The van der Waals surface area contributed by atoms with Gasteiger partial charge in [-0.25, -0.2) is 0 Å². The van der Waals surface area contributed by atoms with Crippen LogP contribution in [0.5, 0.6) is 0 Å². The molecule has 1 saturated heterocycles. The van der Waals surface area contributed by atoms with Crippen LogP contribution in [0.2, 0.25) is 0 Å². The van der Waals surface area contributed by atoms with Crippen molar-refractivity contribution in [3.05, 3.63) is 63.8 Å². The van der Waals surface area contributed by atoms with E-state index in [2.05, 4.69) is 9.97 Å². The first-order valence-corrected chi connectivity index (χ1v) is 7.16. The van der Waals surface area contributed by atoms with Gasteiger partial charge in [-0.05, 0) is 36.8 Å². The van der Waals surface area contributed by atoms with E-state index >= 15 is 0 Å². The second-order valence-corrected chi connectivity index (χ2v) is 5.28. The first-order chi connectivity index (χ1) is 10.6. The summed E-state index contributed by atoms with van der Waals surface area (Å²) in [5.41, 5.74) is 1.53. The van der Waals surface area contributed by atoms with Crippen molar-refractivity contribution < 1.29 is 9.53 Å². The van der Waals surface area contributed by atoms with Crippen molar-refractivity contribution in [2.45, 2.75) is 13.0 Å². The number of amides is 1. The molecular weight excluding hydrogens is 282 g/mol. The van der Waals surface area contributed by atoms with Gasteiger partial charge < -0.3 is 14.6 Å². The van der Waals surface area contributed by atoms with Crippen LogP contribution >= 0.6 is 0 Å². The van der Waals surface area contributed by atoms with Crippen molar-refractivity contribution in [2.75, 3.05) is 19.7 Å². The lowest BCUT2D eigenvalue weighted by Crippen LogP contribution is -2.43. The Balaban J connectivity index is 1.80. The molecule has 22 heavy (non-hydrogen) atoms. The highest BCUT2D eigenvalue weighted by molar-refractivity contribution is 5.93. The number of pyridine rings is 2. The quantitative estimate of drug-likeness (QED) is 0.906. The summed E-state index contributed by atoms with van der Waals surface area (Å²) in [5, 5.41) is 0. The second kappa shape index (κ2) is 6.11. The van der Waals surface area contributed by atoms with E-state index in [9.17, 15) is 9.59 Å². The molecule has 1 N–H and O–H groups in total. The summed E-state index contributed by atoms with van der Waals surface area (Å²) in [4.78, 5) is 32.8. The Morgan fingerprint density at radius 2 is 2.09 bits per heavy atom. The molecule has 1 unspecified atom stereocenters. The average molecular weight is 299 g/mol. The third-order valence-corrected chi connectivity index (χ3v) is 3.72. The van der Waals surface area contributed by atoms with E-state index in [4.69, 9.17) is 4.74 Å². The van der Waals surface area contributed by atoms with Crippen LogP contribution in [0, 0.1) is 6.92 Å². The molecule has 1 aliphatic rings. The molecule has 0 radical (unpaired) electrons. The molecule has 1 amide bonds. The largest absolute Gasteiger partial charge is 0.370 e. The minimum Gasteiger partial charge on any atom is -0.370 e. The molecule has 6 heteroatoms. The molecule has 114 valence electrons. The van der Waals surface area contributed by atoms with Gasteiger partial charge in [0.05, 0.1) is 13.2 Å². The number of aryl methyl sites for hydroxylation is 1. The van der Waals surface area contributed by atoms with Crippen molar-refractivity contribution in [3.63, 3.8) is 0 Å². The van der Waals surface area contributed by atoms with Crippen LogP contribution in [0.25, 0.3) is 0 Å². The van der Waals surface area contributed by atoms with Gasteiger partial charge in [-0.1, -0.05) is 0 Å². The van der Waals surface area contributed by atoms with Crippen molar-refractivity contribution in [1.82, 2.24) is 14.9 Å². The number of ether oxygens (including phenoxy) is 1. The van der Waals surface area contributed by atoms with Crippen molar-refractivity contribution in [2.24, 2.45) is 0 Å². The molecular formula is C16H17N3O3. The van der Waals surface area contributed by atoms with Gasteiger partial charge in [0.25, 0.3) is 11.5 Å². The van der Waals surface area contributed by atoms with Crippen LogP contribution in [-0.4, -0.2) is 40.5 Å². The van der Waals surface area contributed by atoms with Gasteiger partial charge in [0.15, 0.2) is 0 Å². The van der Waals surface area contributed by atoms with E-state index in [1.54, 1.807) is 36.4 Å². The van der Waals surface area contributed by atoms with Crippen LogP contribution in [0.4, 0.5) is 0 Å². The number of nitrogens with one attached hydrogen (secondary N) is 1. The fraction of sp³-hybridized carbons (Fsp3) is 0.312. The summed E-state index contributed by atoms with van der Waals surface area (Å²) in [6.07, 6.45) is 3.21. The van der Waals surface area contributed by atoms with Gasteiger partial charge in [-0.3, -0.25) is 14.6 Å². The third kappa shape index (κ3) is 2.92. The molecule has 0 bridgehead atoms. The number of nitrogens with zero attached hydrogens (tertiary/aromatic N) is 2. The number of carbonyl (C=O) groups excluding carboxylic acids is 1. The standard InChI is InChI=1S/C16H17N3O3/c1-11-2-3-13(15(20)18-11)16(21)19-8-9-22-14(10-19)12-4-6-17-7-5-12/h2-7,14H,8-10H2,1H3,(H,18,20). The summed E-state index contributed by atoms with van der Waals surface area (Å²) in [7, 11) is 0. The van der Waals surface area contributed by atoms with Crippen LogP contribution in [0.15, 0.2) is 41.5 Å². The summed E-state index contributed by atoms with van der Waals surface area (Å²) in [6, 6.07) is 7.05. The Kier molecular flexibility index (Phi) is 4.02. The van der Waals surface area contributed by atoms with E-state index in [0.717, 1.165) is 11.3 Å². The Bertz CT molecular complexity index is 727. The van der Waals surface area contributed by atoms with Crippen LogP contribution < -0.4 is 5.56 Å². The molecule has 1 fully saturated rings. The molecule has 1 atom stereocenters. The average Bonchev–Trinajstić information content (AvgIpc) is 2.55. The Labute approximate surface area is 127 Å². The molecule has 6 nitrogen and oxygen atoms in total. The highest BCUT2D eigenvalue weighted by Crippen LogP contribution is 2.22. The molecule has 3 rings (SSSR count). The van der Waals surface area contributed by atoms with Crippen LogP contribution in [0.1, 0.15) is 27.7 Å². The molecule has 0 saturated carbocycles. The molecule has 2 aromatic rings. The molecule has 0 aliphatic carbocycles. The second-order valence-electron chi connectivity index (χ2n) is 5.28. The van der Waals surface area contributed by atoms with E-state index in [0.29, 0.717) is 19.7 Å². The SMILES string of the molecule is Cc1ccc(C(=O)N2CCOC(c3ccncc3)C2)c(=O)[nH]1. The van der Waals surface area contributed by atoms with Gasteiger partial charge in [-0.2, -0.15) is 0 Å². The lowest BCUT2D eigenvalue weighted by atomic mass is 10.1. The summed E-state index contributed by atoms with van der Waals surface area (Å²) < 4.78 is 5.72. The van der Waals surface area contributed by atoms with Crippen molar-refractivity contribution in [3.8, 4) is 0 Å². The van der Waals surface area contributed by atoms with Crippen LogP contribution in [-0.2, 0) is 4.74 Å². The number of hydrogen-bond donors (Lipinski definition) is 1. The number of rotatable bonds is 2. The van der Waals surface area contributed by atoms with Crippen molar-refractivity contribution in [1.29, 1.82) is 0 Å². The highest BCUT2D eigenvalue weighted by atomic mass is 16.5. The third-order valence-electron chi connectivity index (χ3n) is 3.72. The smallest absolute Gasteiger partial charge is 0.260 e. The maximum absolute atomic E-state index is 12.5. The number of morpholine rings is 1. The Hall–Kier alpha value is -2.47. The predicted molar refractivity (Wildman–Crippen MR) is 80.6 cm³/mol. The number of carbonyl (C=O) groups is 1. The van der Waals surface area contributed by atoms with E-state index in [-0.39, 0.29) is 23.1 Å². The highest BCUT2D eigenvalue weighted by Gasteiger charge is 2.27. The van der Waals surface area contributed by atoms with Gasteiger partial charge in [0.2, 0.25) is 0 Å². The minimum absolute atomic E-state index is 0.168. The lowest BCUT2D eigenvalue weighted by molar-refractivity contribution is -0.0229. The first kappa shape index (κ1) is 14.5. The first-order valence-electron chi connectivity index (χ1n) is 7.16. The Morgan fingerprint density at radius 1 is 1.32 bits per heavy atom. The fourth-order valence-electron chi connectivity index (χ4n) is 2.52.